The lowest BCUT2D eigenvalue weighted by atomic mass is 9.93. The van der Waals surface area contributed by atoms with Gasteiger partial charge in [-0.3, -0.25) is 0 Å². The van der Waals surface area contributed by atoms with Crippen molar-refractivity contribution in [2.24, 2.45) is 11.8 Å². The molecule has 3 heteroatoms. The van der Waals surface area contributed by atoms with Crippen LogP contribution in [0.2, 0.25) is 0 Å². The first kappa shape index (κ1) is 12.9. The highest BCUT2D eigenvalue weighted by Crippen LogP contribution is 2.16. The first-order valence-corrected chi connectivity index (χ1v) is 5.33. The van der Waals surface area contributed by atoms with E-state index < -0.39 is 0 Å². The van der Waals surface area contributed by atoms with Gasteiger partial charge in [-0.1, -0.05) is 33.6 Å². The Balaban J connectivity index is 3.07. The molecule has 0 aromatic heterocycles. The van der Waals surface area contributed by atoms with E-state index in [4.69, 9.17) is 0 Å². The zero-order valence-corrected chi connectivity index (χ0v) is 9.48. The van der Waals surface area contributed by atoms with Gasteiger partial charge >= 0.3 is 0 Å². The van der Waals surface area contributed by atoms with Crippen LogP contribution in [0.25, 0.3) is 0 Å². The molecule has 0 saturated carbocycles. The number of nitrogens with one attached hydrogen (secondary N) is 3. The van der Waals surface area contributed by atoms with E-state index in [1.807, 2.05) is 7.05 Å². The van der Waals surface area contributed by atoms with Gasteiger partial charge in [0.2, 0.25) is 0 Å². The molecule has 3 nitrogen and oxygen atoms in total. The Hall–Kier alpha value is -0.120. The molecule has 3 N–H and O–H groups in total. The zero-order chi connectivity index (χ0) is 10.1. The van der Waals surface area contributed by atoms with Gasteiger partial charge in [0.1, 0.15) is 0 Å². The molecule has 0 aliphatic heterocycles. The van der Waals surface area contributed by atoms with Crippen molar-refractivity contribution in [1.29, 1.82) is 0 Å². The van der Waals surface area contributed by atoms with Gasteiger partial charge < -0.3 is 0 Å². The van der Waals surface area contributed by atoms with Gasteiger partial charge in [0.05, 0.1) is 0 Å². The summed E-state index contributed by atoms with van der Waals surface area (Å²) in [4.78, 5) is 0. The molecular weight excluding hydrogens is 162 g/mol. The Labute approximate surface area is 82.6 Å². The van der Waals surface area contributed by atoms with Crippen LogP contribution in [0, 0.1) is 11.8 Å². The highest BCUT2D eigenvalue weighted by atomic mass is 15.6. The summed E-state index contributed by atoms with van der Waals surface area (Å²) in [5.41, 5.74) is 8.76. The van der Waals surface area contributed by atoms with E-state index in [0.29, 0.717) is 0 Å². The van der Waals surface area contributed by atoms with Gasteiger partial charge in [-0.05, 0) is 25.3 Å². The van der Waals surface area contributed by atoms with Gasteiger partial charge in [-0.15, -0.1) is 0 Å². The molecule has 1 atom stereocenters. The Morgan fingerprint density at radius 1 is 1.08 bits per heavy atom. The van der Waals surface area contributed by atoms with Gasteiger partial charge in [0.15, 0.2) is 0 Å². The zero-order valence-electron chi connectivity index (χ0n) is 9.48. The third-order valence-corrected chi connectivity index (χ3v) is 2.56. The quantitative estimate of drug-likeness (QED) is 0.400. The second kappa shape index (κ2) is 8.48. The van der Waals surface area contributed by atoms with E-state index in [-0.39, 0.29) is 0 Å². The first-order chi connectivity index (χ1) is 6.18. The molecule has 0 aliphatic carbocycles. The van der Waals surface area contributed by atoms with Crippen molar-refractivity contribution in [3.05, 3.63) is 0 Å². The molecular formula is C10H25N3. The maximum Gasteiger partial charge on any atom is 0.0113 e. The lowest BCUT2D eigenvalue weighted by Crippen LogP contribution is -2.41. The number of hydrazine groups is 2. The minimum absolute atomic E-state index is 0.823. The Bertz CT molecular complexity index is 104. The molecule has 0 aromatic carbocycles. The molecule has 0 fully saturated rings. The SMILES string of the molecule is CNNNCCCCC(C)C(C)C. The lowest BCUT2D eigenvalue weighted by molar-refractivity contribution is 0.370. The predicted octanol–water partition coefficient (Wildman–Crippen LogP) is 1.68. The van der Waals surface area contributed by atoms with Crippen molar-refractivity contribution < 1.29 is 0 Å². The third kappa shape index (κ3) is 8.22. The monoisotopic (exact) mass is 187 g/mol. The van der Waals surface area contributed by atoms with Gasteiger partial charge in [-0.25, -0.2) is 10.9 Å². The molecule has 0 radical (unpaired) electrons. The molecule has 0 aromatic rings. The average molecular weight is 187 g/mol. The second-order valence-corrected chi connectivity index (χ2v) is 4.02. The van der Waals surface area contributed by atoms with E-state index in [1.165, 1.54) is 19.3 Å². The number of hydrogen-bond donors (Lipinski definition) is 3. The summed E-state index contributed by atoms with van der Waals surface area (Å²) in [5, 5.41) is 0. The van der Waals surface area contributed by atoms with E-state index in [9.17, 15) is 0 Å². The van der Waals surface area contributed by atoms with Crippen molar-refractivity contribution in [3.8, 4) is 0 Å². The Morgan fingerprint density at radius 3 is 2.31 bits per heavy atom. The molecule has 0 rings (SSSR count). The number of unbranched alkanes of at least 4 members (excludes halogenated alkanes) is 1. The van der Waals surface area contributed by atoms with Crippen LogP contribution in [0.5, 0.6) is 0 Å². The van der Waals surface area contributed by atoms with Crippen LogP contribution in [0.4, 0.5) is 0 Å². The Kier molecular flexibility index (Phi) is 8.40. The minimum Gasteiger partial charge on any atom is -0.247 e. The fourth-order valence-corrected chi connectivity index (χ4v) is 1.16. The normalized spacial score (nSPS) is 13.6. The minimum atomic E-state index is 0.823. The molecule has 0 spiro atoms. The van der Waals surface area contributed by atoms with Crippen LogP contribution >= 0.6 is 0 Å². The molecule has 0 saturated heterocycles. The van der Waals surface area contributed by atoms with Crippen LogP contribution in [0.15, 0.2) is 0 Å². The summed E-state index contributed by atoms with van der Waals surface area (Å²) in [6.45, 7) is 7.96. The van der Waals surface area contributed by atoms with Crippen LogP contribution in [-0.2, 0) is 0 Å². The van der Waals surface area contributed by atoms with Gasteiger partial charge in [-0.2, -0.15) is 5.53 Å². The highest BCUT2D eigenvalue weighted by molar-refractivity contribution is 4.57. The maximum atomic E-state index is 3.08. The summed E-state index contributed by atoms with van der Waals surface area (Å²) in [5.74, 6) is 1.68. The van der Waals surface area contributed by atoms with Gasteiger partial charge in [0, 0.05) is 6.54 Å². The maximum absolute atomic E-state index is 3.08. The average Bonchev–Trinajstić information content (AvgIpc) is 2.10. The predicted molar refractivity (Wildman–Crippen MR) is 58.1 cm³/mol. The fourth-order valence-electron chi connectivity index (χ4n) is 1.16. The van der Waals surface area contributed by atoms with Crippen LogP contribution in [0.3, 0.4) is 0 Å². The van der Waals surface area contributed by atoms with Crippen molar-refractivity contribution in [2.45, 2.75) is 40.0 Å². The van der Waals surface area contributed by atoms with E-state index >= 15 is 0 Å². The summed E-state index contributed by atoms with van der Waals surface area (Å²) in [7, 11) is 1.85. The van der Waals surface area contributed by atoms with E-state index in [1.54, 1.807) is 0 Å². The number of hydrogen-bond acceptors (Lipinski definition) is 3. The van der Waals surface area contributed by atoms with Gasteiger partial charge in [0.25, 0.3) is 0 Å². The molecule has 13 heavy (non-hydrogen) atoms. The summed E-state index contributed by atoms with van der Waals surface area (Å²) in [6.07, 6.45) is 3.91. The third-order valence-electron chi connectivity index (χ3n) is 2.56. The summed E-state index contributed by atoms with van der Waals surface area (Å²) >= 11 is 0. The molecule has 0 heterocycles. The highest BCUT2D eigenvalue weighted by Gasteiger charge is 2.05. The molecule has 0 bridgehead atoms. The van der Waals surface area contributed by atoms with E-state index in [2.05, 4.69) is 37.2 Å². The van der Waals surface area contributed by atoms with E-state index in [0.717, 1.165) is 18.4 Å². The van der Waals surface area contributed by atoms with Crippen molar-refractivity contribution in [2.75, 3.05) is 13.6 Å². The van der Waals surface area contributed by atoms with Crippen molar-refractivity contribution >= 4 is 0 Å². The molecule has 0 amide bonds. The second-order valence-electron chi connectivity index (χ2n) is 4.02. The largest absolute Gasteiger partial charge is 0.247 e. The van der Waals surface area contributed by atoms with Crippen LogP contribution in [-0.4, -0.2) is 13.6 Å². The lowest BCUT2D eigenvalue weighted by Gasteiger charge is -2.14. The molecule has 1 unspecified atom stereocenters. The summed E-state index contributed by atoms with van der Waals surface area (Å²) in [6, 6.07) is 0. The first-order valence-electron chi connectivity index (χ1n) is 5.33. The Morgan fingerprint density at radius 2 is 1.77 bits per heavy atom. The van der Waals surface area contributed by atoms with Crippen molar-refractivity contribution in [3.63, 3.8) is 0 Å². The van der Waals surface area contributed by atoms with Crippen molar-refractivity contribution in [1.82, 2.24) is 16.4 Å². The standard InChI is InChI=1S/C10H25N3/c1-9(2)10(3)7-5-6-8-12-13-11-4/h9-13H,5-8H2,1-4H3. The van der Waals surface area contributed by atoms with Crippen LogP contribution < -0.4 is 16.4 Å². The fraction of sp³-hybridized carbons (Fsp3) is 1.00. The summed E-state index contributed by atoms with van der Waals surface area (Å²) < 4.78 is 0. The molecule has 80 valence electrons. The smallest absolute Gasteiger partial charge is 0.0113 e. The molecule has 0 aliphatic rings. The van der Waals surface area contributed by atoms with Crippen LogP contribution in [0.1, 0.15) is 40.0 Å². The topological polar surface area (TPSA) is 36.1 Å². The number of rotatable bonds is 8.